The van der Waals surface area contributed by atoms with Gasteiger partial charge in [-0.1, -0.05) is 29.8 Å². The first kappa shape index (κ1) is 13.8. The van der Waals surface area contributed by atoms with Crippen LogP contribution in [0, 0.1) is 0 Å². The van der Waals surface area contributed by atoms with Gasteiger partial charge in [0.2, 0.25) is 0 Å². The molecule has 0 amide bonds. The molecule has 1 aromatic carbocycles. The molecule has 3 rings (SSSR count). The summed E-state index contributed by atoms with van der Waals surface area (Å²) in [5, 5.41) is 1.76. The first-order valence-corrected chi connectivity index (χ1v) is 7.48. The van der Waals surface area contributed by atoms with Crippen LogP contribution in [-0.4, -0.2) is 35.7 Å². The van der Waals surface area contributed by atoms with E-state index >= 15 is 0 Å². The van der Waals surface area contributed by atoms with Gasteiger partial charge in [0.25, 0.3) is 0 Å². The van der Waals surface area contributed by atoms with Crippen LogP contribution in [-0.2, 0) is 11.3 Å². The molecule has 2 heterocycles. The number of nitrogens with zero attached hydrogens (tertiary/aromatic N) is 2. The van der Waals surface area contributed by atoms with Crippen molar-refractivity contribution in [2.75, 3.05) is 19.7 Å². The number of hydrogen-bond acceptors (Lipinski definition) is 3. The average Bonchev–Trinajstić information content (AvgIpc) is 2.64. The molecule has 4 heteroatoms. The molecule has 0 radical (unpaired) electrons. The Morgan fingerprint density at radius 1 is 1.40 bits per heavy atom. The van der Waals surface area contributed by atoms with Crippen molar-refractivity contribution >= 4 is 22.5 Å². The fraction of sp³-hybridized carbons (Fsp3) is 0.438. The third-order valence-corrected chi connectivity index (χ3v) is 4.01. The van der Waals surface area contributed by atoms with E-state index in [2.05, 4.69) is 28.9 Å². The van der Waals surface area contributed by atoms with Gasteiger partial charge >= 0.3 is 0 Å². The Labute approximate surface area is 124 Å². The summed E-state index contributed by atoms with van der Waals surface area (Å²) in [7, 11) is 0. The highest BCUT2D eigenvalue weighted by Crippen LogP contribution is 2.22. The van der Waals surface area contributed by atoms with E-state index in [-0.39, 0.29) is 6.10 Å². The number of para-hydroxylation sites is 1. The number of halogens is 1. The zero-order valence-electron chi connectivity index (χ0n) is 11.7. The molecule has 1 fully saturated rings. The molecule has 1 saturated heterocycles. The summed E-state index contributed by atoms with van der Waals surface area (Å²) in [5.41, 5.74) is 2.05. The first-order valence-electron chi connectivity index (χ1n) is 7.10. The van der Waals surface area contributed by atoms with Crippen molar-refractivity contribution in [1.82, 2.24) is 9.88 Å². The van der Waals surface area contributed by atoms with Crippen LogP contribution >= 0.6 is 11.6 Å². The maximum atomic E-state index is 6.33. The summed E-state index contributed by atoms with van der Waals surface area (Å²) in [5.74, 6) is 0. The van der Waals surface area contributed by atoms with E-state index in [1.807, 2.05) is 18.2 Å². The molecule has 0 bridgehead atoms. The van der Waals surface area contributed by atoms with Crippen LogP contribution in [0.3, 0.4) is 0 Å². The second kappa shape index (κ2) is 6.08. The van der Waals surface area contributed by atoms with Gasteiger partial charge in [0.15, 0.2) is 0 Å². The minimum Gasteiger partial charge on any atom is -0.377 e. The molecule has 1 unspecified atom stereocenters. The molecule has 0 spiro atoms. The Morgan fingerprint density at radius 3 is 3.15 bits per heavy atom. The number of aromatic nitrogens is 1. The van der Waals surface area contributed by atoms with E-state index < -0.39 is 0 Å². The standard InChI is InChI=1S/C16H19ClN2O/c1-12-10-19(7-4-8-20-12)11-14-9-13-5-2-3-6-15(13)18-16(14)17/h2-3,5-6,9,12H,4,7-8,10-11H2,1H3. The van der Waals surface area contributed by atoms with Crippen molar-refractivity contribution < 1.29 is 4.74 Å². The predicted molar refractivity (Wildman–Crippen MR) is 82.1 cm³/mol. The number of hydrogen-bond donors (Lipinski definition) is 0. The largest absolute Gasteiger partial charge is 0.377 e. The van der Waals surface area contributed by atoms with Crippen molar-refractivity contribution in [3.05, 3.63) is 41.0 Å². The third kappa shape index (κ3) is 3.11. The number of ether oxygens (including phenoxy) is 1. The predicted octanol–water partition coefficient (Wildman–Crippen LogP) is 3.50. The van der Waals surface area contributed by atoms with Gasteiger partial charge in [-0.3, -0.25) is 4.90 Å². The van der Waals surface area contributed by atoms with Crippen molar-refractivity contribution in [3.63, 3.8) is 0 Å². The Balaban J connectivity index is 1.84. The van der Waals surface area contributed by atoms with E-state index in [1.165, 1.54) is 0 Å². The van der Waals surface area contributed by atoms with Crippen LogP contribution in [0.4, 0.5) is 0 Å². The van der Waals surface area contributed by atoms with Crippen LogP contribution in [0.25, 0.3) is 10.9 Å². The highest BCUT2D eigenvalue weighted by atomic mass is 35.5. The monoisotopic (exact) mass is 290 g/mol. The maximum absolute atomic E-state index is 6.33. The van der Waals surface area contributed by atoms with Gasteiger partial charge in [-0.05, 0) is 25.5 Å². The summed E-state index contributed by atoms with van der Waals surface area (Å²) in [4.78, 5) is 6.89. The number of fused-ring (bicyclic) bond motifs is 1. The first-order chi connectivity index (χ1) is 9.72. The number of rotatable bonds is 2. The molecule has 2 aromatic rings. The lowest BCUT2D eigenvalue weighted by atomic mass is 10.1. The van der Waals surface area contributed by atoms with E-state index in [9.17, 15) is 0 Å². The Hall–Kier alpha value is -1.16. The molecule has 20 heavy (non-hydrogen) atoms. The van der Waals surface area contributed by atoms with Gasteiger partial charge in [0.05, 0.1) is 11.6 Å². The van der Waals surface area contributed by atoms with Crippen LogP contribution in [0.2, 0.25) is 5.15 Å². The molecular weight excluding hydrogens is 272 g/mol. The average molecular weight is 291 g/mol. The van der Waals surface area contributed by atoms with Gasteiger partial charge < -0.3 is 4.74 Å². The van der Waals surface area contributed by atoms with Gasteiger partial charge in [-0.25, -0.2) is 4.98 Å². The zero-order valence-corrected chi connectivity index (χ0v) is 12.4. The van der Waals surface area contributed by atoms with Crippen molar-refractivity contribution in [3.8, 4) is 0 Å². The van der Waals surface area contributed by atoms with Crippen molar-refractivity contribution in [1.29, 1.82) is 0 Å². The fourth-order valence-corrected chi connectivity index (χ4v) is 2.92. The normalized spacial score (nSPS) is 21.0. The van der Waals surface area contributed by atoms with E-state index in [0.29, 0.717) is 5.15 Å². The maximum Gasteiger partial charge on any atom is 0.134 e. The van der Waals surface area contributed by atoms with E-state index in [4.69, 9.17) is 16.3 Å². The lowest BCUT2D eigenvalue weighted by molar-refractivity contribution is 0.0668. The van der Waals surface area contributed by atoms with Crippen LogP contribution in [0.15, 0.2) is 30.3 Å². The van der Waals surface area contributed by atoms with Crippen molar-refractivity contribution in [2.24, 2.45) is 0 Å². The minimum absolute atomic E-state index is 0.282. The lowest BCUT2D eigenvalue weighted by Crippen LogP contribution is -2.29. The number of benzene rings is 1. The van der Waals surface area contributed by atoms with E-state index in [0.717, 1.165) is 49.1 Å². The van der Waals surface area contributed by atoms with Gasteiger partial charge in [-0.15, -0.1) is 0 Å². The highest BCUT2D eigenvalue weighted by molar-refractivity contribution is 6.30. The SMILES string of the molecule is CC1CN(Cc2cc3ccccc3nc2Cl)CCCO1. The second-order valence-electron chi connectivity index (χ2n) is 5.40. The van der Waals surface area contributed by atoms with Crippen LogP contribution < -0.4 is 0 Å². The lowest BCUT2D eigenvalue weighted by Gasteiger charge is -2.22. The molecule has 0 N–H and O–H groups in total. The molecule has 1 atom stereocenters. The van der Waals surface area contributed by atoms with Gasteiger partial charge in [0.1, 0.15) is 5.15 Å². The van der Waals surface area contributed by atoms with Crippen LogP contribution in [0.1, 0.15) is 18.9 Å². The molecular formula is C16H19ClN2O. The van der Waals surface area contributed by atoms with E-state index in [1.54, 1.807) is 0 Å². The van der Waals surface area contributed by atoms with Crippen LogP contribution in [0.5, 0.6) is 0 Å². The third-order valence-electron chi connectivity index (χ3n) is 3.68. The molecule has 0 saturated carbocycles. The smallest absolute Gasteiger partial charge is 0.134 e. The second-order valence-corrected chi connectivity index (χ2v) is 5.76. The molecule has 1 aliphatic heterocycles. The molecule has 3 nitrogen and oxygen atoms in total. The summed E-state index contributed by atoms with van der Waals surface area (Å²) in [6.45, 7) is 5.81. The summed E-state index contributed by atoms with van der Waals surface area (Å²) in [6, 6.07) is 10.2. The molecule has 1 aliphatic rings. The fourth-order valence-electron chi connectivity index (χ4n) is 2.71. The number of pyridine rings is 1. The highest BCUT2D eigenvalue weighted by Gasteiger charge is 2.16. The molecule has 1 aromatic heterocycles. The topological polar surface area (TPSA) is 25.4 Å². The Kier molecular flexibility index (Phi) is 4.20. The Bertz CT molecular complexity index is 602. The van der Waals surface area contributed by atoms with Gasteiger partial charge in [0, 0.05) is 37.2 Å². The Morgan fingerprint density at radius 2 is 2.25 bits per heavy atom. The zero-order chi connectivity index (χ0) is 13.9. The molecule has 106 valence electrons. The summed E-state index contributed by atoms with van der Waals surface area (Å²) >= 11 is 6.33. The van der Waals surface area contributed by atoms with Gasteiger partial charge in [-0.2, -0.15) is 0 Å². The molecule has 0 aliphatic carbocycles. The minimum atomic E-state index is 0.282. The summed E-state index contributed by atoms with van der Waals surface area (Å²) < 4.78 is 5.68. The van der Waals surface area contributed by atoms with Crippen molar-refractivity contribution in [2.45, 2.75) is 26.0 Å². The quantitative estimate of drug-likeness (QED) is 0.792. The summed E-state index contributed by atoms with van der Waals surface area (Å²) in [6.07, 6.45) is 1.35.